The minimum absolute atomic E-state index is 0.0213. The first-order valence-electron chi connectivity index (χ1n) is 7.01. The van der Waals surface area contributed by atoms with Crippen LogP contribution in [0, 0.1) is 13.8 Å². The van der Waals surface area contributed by atoms with Crippen molar-refractivity contribution in [3.8, 4) is 5.75 Å². The highest BCUT2D eigenvalue weighted by Crippen LogP contribution is 2.27. The fourth-order valence-corrected chi connectivity index (χ4v) is 3.28. The van der Waals surface area contributed by atoms with E-state index in [4.69, 9.17) is 4.18 Å². The molecule has 0 saturated carbocycles. The molecular formula is C17H15NO4S. The monoisotopic (exact) mass is 329 g/mol. The zero-order valence-corrected chi connectivity index (χ0v) is 13.5. The molecule has 0 aliphatic heterocycles. The highest BCUT2D eigenvalue weighted by molar-refractivity contribution is 7.87. The average Bonchev–Trinajstić information content (AvgIpc) is 2.48. The van der Waals surface area contributed by atoms with E-state index in [2.05, 4.69) is 4.98 Å². The van der Waals surface area contributed by atoms with E-state index in [0.717, 1.165) is 17.2 Å². The number of benzene rings is 2. The standard InChI is InChI=1S/C17H15NO4S/c1-11-6-8-13(9-7-11)23(20,21)22-15-10-16(19)18-17-12(2)4-3-5-14(15)17/h3-10H,1-2H3,(H,18,19). The molecule has 3 rings (SSSR count). The highest BCUT2D eigenvalue weighted by atomic mass is 32.2. The molecule has 0 aliphatic rings. The van der Waals surface area contributed by atoms with Crippen molar-refractivity contribution in [2.24, 2.45) is 0 Å². The Bertz CT molecular complexity index is 1030. The Labute approximate surface area is 133 Å². The molecule has 1 heterocycles. The summed E-state index contributed by atoms with van der Waals surface area (Å²) in [4.78, 5) is 14.5. The largest absolute Gasteiger partial charge is 0.378 e. The quantitative estimate of drug-likeness (QED) is 0.750. The summed E-state index contributed by atoms with van der Waals surface area (Å²) in [6.07, 6.45) is 0. The Morgan fingerprint density at radius 1 is 1.00 bits per heavy atom. The van der Waals surface area contributed by atoms with Crippen molar-refractivity contribution < 1.29 is 12.6 Å². The van der Waals surface area contributed by atoms with E-state index < -0.39 is 15.7 Å². The normalized spacial score (nSPS) is 11.6. The number of hydrogen-bond acceptors (Lipinski definition) is 4. The Kier molecular flexibility index (Phi) is 3.69. The molecule has 0 radical (unpaired) electrons. The van der Waals surface area contributed by atoms with Gasteiger partial charge in [-0.05, 0) is 37.6 Å². The Morgan fingerprint density at radius 2 is 1.70 bits per heavy atom. The molecule has 0 aliphatic carbocycles. The number of para-hydroxylation sites is 1. The summed E-state index contributed by atoms with van der Waals surface area (Å²) in [6, 6.07) is 12.8. The predicted octanol–water partition coefficient (Wildman–Crippen LogP) is 2.91. The van der Waals surface area contributed by atoms with Crippen molar-refractivity contribution in [1.82, 2.24) is 4.98 Å². The van der Waals surface area contributed by atoms with Crippen molar-refractivity contribution >= 4 is 21.0 Å². The van der Waals surface area contributed by atoms with Gasteiger partial charge in [0.1, 0.15) is 4.90 Å². The van der Waals surface area contributed by atoms with E-state index in [9.17, 15) is 13.2 Å². The van der Waals surface area contributed by atoms with Crippen LogP contribution in [0.4, 0.5) is 0 Å². The van der Waals surface area contributed by atoms with Crippen molar-refractivity contribution in [3.05, 3.63) is 70.0 Å². The molecule has 1 N–H and O–H groups in total. The number of aromatic amines is 1. The Hall–Kier alpha value is -2.60. The minimum atomic E-state index is -4.00. The number of fused-ring (bicyclic) bond motifs is 1. The van der Waals surface area contributed by atoms with Gasteiger partial charge >= 0.3 is 10.1 Å². The summed E-state index contributed by atoms with van der Waals surface area (Å²) in [7, 11) is -4.00. The molecule has 6 heteroatoms. The van der Waals surface area contributed by atoms with Crippen molar-refractivity contribution in [2.75, 3.05) is 0 Å². The van der Waals surface area contributed by atoms with Gasteiger partial charge in [0.15, 0.2) is 5.75 Å². The molecular weight excluding hydrogens is 314 g/mol. The molecule has 23 heavy (non-hydrogen) atoms. The first-order chi connectivity index (χ1) is 10.9. The molecule has 0 amide bonds. The molecule has 5 nitrogen and oxygen atoms in total. The first kappa shape index (κ1) is 15.3. The van der Waals surface area contributed by atoms with Gasteiger partial charge < -0.3 is 9.17 Å². The van der Waals surface area contributed by atoms with Crippen LogP contribution in [0.2, 0.25) is 0 Å². The SMILES string of the molecule is Cc1ccc(S(=O)(=O)Oc2cc(=O)[nH]c3c(C)cccc23)cc1. The summed E-state index contributed by atoms with van der Waals surface area (Å²) in [5, 5.41) is 0.542. The van der Waals surface area contributed by atoms with Crippen molar-refractivity contribution in [3.63, 3.8) is 0 Å². The second-order valence-corrected chi connectivity index (χ2v) is 6.89. The van der Waals surface area contributed by atoms with Gasteiger partial charge in [0.05, 0.1) is 5.52 Å². The lowest BCUT2D eigenvalue weighted by Crippen LogP contribution is -2.13. The van der Waals surface area contributed by atoms with Gasteiger partial charge in [0.2, 0.25) is 0 Å². The maximum atomic E-state index is 12.4. The molecule has 2 aromatic carbocycles. The molecule has 0 atom stereocenters. The lowest BCUT2D eigenvalue weighted by molar-refractivity contribution is 0.488. The van der Waals surface area contributed by atoms with E-state index in [1.807, 2.05) is 19.9 Å². The Morgan fingerprint density at radius 3 is 2.39 bits per heavy atom. The van der Waals surface area contributed by atoms with Crippen LogP contribution >= 0.6 is 0 Å². The predicted molar refractivity (Wildman–Crippen MR) is 88.3 cm³/mol. The summed E-state index contributed by atoms with van der Waals surface area (Å²) in [5.41, 5.74) is 1.92. The lowest BCUT2D eigenvalue weighted by atomic mass is 10.1. The smallest absolute Gasteiger partial charge is 0.339 e. The minimum Gasteiger partial charge on any atom is -0.378 e. The third-order valence-corrected chi connectivity index (χ3v) is 4.81. The molecule has 0 spiro atoms. The third-order valence-electron chi connectivity index (χ3n) is 3.56. The summed E-state index contributed by atoms with van der Waals surface area (Å²) in [6.45, 7) is 3.70. The number of pyridine rings is 1. The maximum absolute atomic E-state index is 12.4. The number of aryl methyl sites for hydroxylation is 2. The van der Waals surface area contributed by atoms with Crippen LogP contribution < -0.4 is 9.74 Å². The van der Waals surface area contributed by atoms with Gasteiger partial charge in [-0.15, -0.1) is 0 Å². The van der Waals surface area contributed by atoms with E-state index in [1.54, 1.807) is 24.3 Å². The Balaban J connectivity index is 2.13. The average molecular weight is 329 g/mol. The fraction of sp³-hybridized carbons (Fsp3) is 0.118. The van der Waals surface area contributed by atoms with Crippen molar-refractivity contribution in [1.29, 1.82) is 0 Å². The van der Waals surface area contributed by atoms with E-state index in [0.29, 0.717) is 10.9 Å². The second kappa shape index (κ2) is 5.55. The lowest BCUT2D eigenvalue weighted by Gasteiger charge is -2.10. The highest BCUT2D eigenvalue weighted by Gasteiger charge is 2.18. The third kappa shape index (κ3) is 2.98. The van der Waals surface area contributed by atoms with Gasteiger partial charge in [0, 0.05) is 11.5 Å². The van der Waals surface area contributed by atoms with Crippen LogP contribution in [0.1, 0.15) is 11.1 Å². The van der Waals surface area contributed by atoms with Gasteiger partial charge in [-0.1, -0.05) is 29.8 Å². The van der Waals surface area contributed by atoms with E-state index in [-0.39, 0.29) is 10.6 Å². The fourth-order valence-electron chi connectivity index (χ4n) is 2.34. The second-order valence-electron chi connectivity index (χ2n) is 5.35. The van der Waals surface area contributed by atoms with Gasteiger partial charge in [-0.3, -0.25) is 4.79 Å². The molecule has 1 aromatic heterocycles. The van der Waals surface area contributed by atoms with Crippen molar-refractivity contribution in [2.45, 2.75) is 18.7 Å². The van der Waals surface area contributed by atoms with Crippen LogP contribution in [-0.2, 0) is 10.1 Å². The van der Waals surface area contributed by atoms with E-state index >= 15 is 0 Å². The molecule has 0 unspecified atom stereocenters. The van der Waals surface area contributed by atoms with Crippen LogP contribution in [0.5, 0.6) is 5.75 Å². The summed E-state index contributed by atoms with van der Waals surface area (Å²) in [5.74, 6) is 0.0213. The maximum Gasteiger partial charge on any atom is 0.339 e. The number of rotatable bonds is 3. The topological polar surface area (TPSA) is 76.2 Å². The zero-order valence-electron chi connectivity index (χ0n) is 12.7. The summed E-state index contributed by atoms with van der Waals surface area (Å²) >= 11 is 0. The number of H-pyrrole nitrogens is 1. The van der Waals surface area contributed by atoms with Gasteiger partial charge in [-0.2, -0.15) is 8.42 Å². The number of hydrogen-bond donors (Lipinski definition) is 1. The first-order valence-corrected chi connectivity index (χ1v) is 8.41. The van der Waals surface area contributed by atoms with E-state index in [1.165, 1.54) is 12.1 Å². The number of aromatic nitrogens is 1. The molecule has 0 saturated heterocycles. The van der Waals surface area contributed by atoms with Gasteiger partial charge in [-0.25, -0.2) is 0 Å². The van der Waals surface area contributed by atoms with Crippen LogP contribution in [0.15, 0.2) is 58.2 Å². The molecule has 0 fully saturated rings. The van der Waals surface area contributed by atoms with Crippen LogP contribution in [0.25, 0.3) is 10.9 Å². The van der Waals surface area contributed by atoms with Crippen LogP contribution in [0.3, 0.4) is 0 Å². The molecule has 0 bridgehead atoms. The molecule has 118 valence electrons. The zero-order chi connectivity index (χ0) is 16.6. The number of nitrogens with one attached hydrogen (secondary N) is 1. The molecule has 3 aromatic rings. The summed E-state index contributed by atoms with van der Waals surface area (Å²) < 4.78 is 30.1. The van der Waals surface area contributed by atoms with Crippen LogP contribution in [-0.4, -0.2) is 13.4 Å². The van der Waals surface area contributed by atoms with Gasteiger partial charge in [0.25, 0.3) is 5.56 Å².